The van der Waals surface area contributed by atoms with Crippen LogP contribution >= 0.6 is 0 Å². The minimum absolute atomic E-state index is 0.0281. The van der Waals surface area contributed by atoms with Crippen LogP contribution in [0.3, 0.4) is 0 Å². The zero-order valence-corrected chi connectivity index (χ0v) is 22.3. The summed E-state index contributed by atoms with van der Waals surface area (Å²) in [6.07, 6.45) is 4.89. The topological polar surface area (TPSA) is 108 Å². The second-order valence-corrected chi connectivity index (χ2v) is 9.23. The molecule has 1 amide bonds. The summed E-state index contributed by atoms with van der Waals surface area (Å²) in [5.41, 5.74) is 8.95. The van der Waals surface area contributed by atoms with E-state index in [1.807, 2.05) is 72.8 Å². The van der Waals surface area contributed by atoms with Crippen LogP contribution in [0.2, 0.25) is 0 Å². The van der Waals surface area contributed by atoms with Gasteiger partial charge in [0.1, 0.15) is 18.8 Å². The van der Waals surface area contributed by atoms with E-state index in [1.54, 1.807) is 12.1 Å². The third-order valence-electron chi connectivity index (χ3n) is 6.03. The van der Waals surface area contributed by atoms with E-state index >= 15 is 0 Å². The lowest BCUT2D eigenvalue weighted by molar-refractivity contribution is -0.148. The Bertz CT molecular complexity index is 1170. The average Bonchev–Trinajstić information content (AvgIpc) is 2.97. The molecule has 1 unspecified atom stereocenters. The highest BCUT2D eigenvalue weighted by Gasteiger charge is 2.22. The smallest absolute Gasteiger partial charge is 0.345 e. The number of esters is 2. The van der Waals surface area contributed by atoms with Crippen LogP contribution in [0.15, 0.2) is 90.5 Å². The van der Waals surface area contributed by atoms with Crippen LogP contribution in [-0.2, 0) is 43.5 Å². The third kappa shape index (κ3) is 10.2. The van der Waals surface area contributed by atoms with Gasteiger partial charge in [0.15, 0.2) is 0 Å². The largest absolute Gasteiger partial charge is 0.457 e. The summed E-state index contributed by atoms with van der Waals surface area (Å²) < 4.78 is 10.8. The van der Waals surface area contributed by atoms with Crippen molar-refractivity contribution in [3.63, 3.8) is 0 Å². The van der Waals surface area contributed by atoms with Crippen LogP contribution in [0, 0.1) is 0 Å². The van der Waals surface area contributed by atoms with Crippen molar-refractivity contribution in [1.29, 1.82) is 0 Å². The number of rotatable bonds is 14. The van der Waals surface area contributed by atoms with E-state index in [2.05, 4.69) is 12.2 Å². The van der Waals surface area contributed by atoms with Gasteiger partial charge in [0, 0.05) is 6.54 Å². The molecule has 0 saturated heterocycles. The quantitative estimate of drug-likeness (QED) is 0.103. The maximum Gasteiger partial charge on any atom is 0.345 e. The molecule has 0 spiro atoms. The Balaban J connectivity index is 1.68. The molecule has 1 atom stereocenters. The van der Waals surface area contributed by atoms with Crippen molar-refractivity contribution in [1.82, 2.24) is 5.32 Å². The van der Waals surface area contributed by atoms with Crippen LogP contribution < -0.4 is 11.1 Å². The Kier molecular flexibility index (Phi) is 12.0. The summed E-state index contributed by atoms with van der Waals surface area (Å²) in [5.74, 6) is -1.73. The highest BCUT2D eigenvalue weighted by Crippen LogP contribution is 2.15. The van der Waals surface area contributed by atoms with Gasteiger partial charge in [0.2, 0.25) is 5.91 Å². The third-order valence-corrected chi connectivity index (χ3v) is 6.03. The van der Waals surface area contributed by atoms with Crippen molar-refractivity contribution >= 4 is 23.9 Å². The fourth-order valence-electron chi connectivity index (χ4n) is 3.78. The monoisotopic (exact) mass is 528 g/mol. The number of hydrogen-bond donors (Lipinski definition) is 2. The Morgan fingerprint density at radius 3 is 1.82 bits per heavy atom. The Morgan fingerprint density at radius 1 is 0.769 bits per heavy atom. The number of ether oxygens (including phenoxy) is 2. The molecule has 0 saturated carbocycles. The predicted molar refractivity (Wildman–Crippen MR) is 151 cm³/mol. The van der Waals surface area contributed by atoms with E-state index < -0.39 is 18.0 Å². The van der Waals surface area contributed by atoms with Gasteiger partial charge in [0.05, 0.1) is 6.04 Å². The van der Waals surface area contributed by atoms with Gasteiger partial charge in [-0.1, -0.05) is 105 Å². The molecule has 0 aliphatic rings. The standard InChI is InChI=1S/C32H36N2O5/c1-2-3-10-19-34-30(35)29(33)21-25-17-15-24(16-18-25)20-28(31(36)38-22-26-11-6-4-7-12-26)32(37)39-23-27-13-8-5-9-14-27/h4-9,11-18,20,29H,2-3,10,19,21-23,33H2,1H3,(H,34,35). The molecular weight excluding hydrogens is 492 g/mol. The summed E-state index contributed by atoms with van der Waals surface area (Å²) in [4.78, 5) is 38.1. The zero-order valence-electron chi connectivity index (χ0n) is 22.3. The molecule has 0 fully saturated rings. The van der Waals surface area contributed by atoms with Gasteiger partial charge in [-0.3, -0.25) is 4.79 Å². The number of amides is 1. The van der Waals surface area contributed by atoms with E-state index in [4.69, 9.17) is 15.2 Å². The summed E-state index contributed by atoms with van der Waals surface area (Å²) in [6, 6.07) is 24.9. The lowest BCUT2D eigenvalue weighted by Crippen LogP contribution is -2.42. The molecular formula is C32H36N2O5. The van der Waals surface area contributed by atoms with E-state index in [-0.39, 0.29) is 24.7 Å². The van der Waals surface area contributed by atoms with E-state index in [0.29, 0.717) is 18.5 Å². The minimum atomic E-state index is -0.775. The molecule has 0 aromatic heterocycles. The fraction of sp³-hybridized carbons (Fsp3) is 0.281. The van der Waals surface area contributed by atoms with Crippen LogP contribution in [0.4, 0.5) is 0 Å². The number of unbranched alkanes of at least 4 members (excludes halogenated alkanes) is 2. The van der Waals surface area contributed by atoms with Gasteiger partial charge in [-0.15, -0.1) is 0 Å². The van der Waals surface area contributed by atoms with E-state index in [1.165, 1.54) is 6.08 Å². The summed E-state index contributed by atoms with van der Waals surface area (Å²) >= 11 is 0. The van der Waals surface area contributed by atoms with Crippen molar-refractivity contribution in [2.24, 2.45) is 5.73 Å². The molecule has 39 heavy (non-hydrogen) atoms. The van der Waals surface area contributed by atoms with E-state index in [9.17, 15) is 14.4 Å². The SMILES string of the molecule is CCCCCNC(=O)C(N)Cc1ccc(C=C(C(=O)OCc2ccccc2)C(=O)OCc2ccccc2)cc1. The number of carbonyl (C=O) groups is 3. The van der Waals surface area contributed by atoms with Gasteiger partial charge in [-0.25, -0.2) is 9.59 Å². The second-order valence-electron chi connectivity index (χ2n) is 9.23. The first-order valence-corrected chi connectivity index (χ1v) is 13.2. The first-order chi connectivity index (χ1) is 19.0. The number of hydrogen-bond acceptors (Lipinski definition) is 6. The maximum atomic E-state index is 12.9. The van der Waals surface area contributed by atoms with Crippen molar-refractivity contribution in [2.75, 3.05) is 6.54 Å². The minimum Gasteiger partial charge on any atom is -0.457 e. The van der Waals surface area contributed by atoms with E-state index in [0.717, 1.165) is 36.0 Å². The number of carbonyl (C=O) groups excluding carboxylic acids is 3. The lowest BCUT2D eigenvalue weighted by atomic mass is 10.0. The summed E-state index contributed by atoms with van der Waals surface area (Å²) in [5, 5.41) is 2.87. The highest BCUT2D eigenvalue weighted by molar-refractivity contribution is 6.17. The maximum absolute atomic E-state index is 12.9. The molecule has 0 aliphatic carbocycles. The van der Waals surface area contributed by atoms with Gasteiger partial charge in [-0.2, -0.15) is 0 Å². The van der Waals surface area contributed by atoms with Gasteiger partial charge in [-0.05, 0) is 41.2 Å². The highest BCUT2D eigenvalue weighted by atomic mass is 16.6. The molecule has 3 aromatic carbocycles. The second kappa shape index (κ2) is 15.9. The summed E-state index contributed by atoms with van der Waals surface area (Å²) in [7, 11) is 0. The molecule has 204 valence electrons. The molecule has 3 aromatic rings. The predicted octanol–water partition coefficient (Wildman–Crippen LogP) is 4.73. The molecule has 0 radical (unpaired) electrons. The van der Waals surface area contributed by atoms with Gasteiger partial charge >= 0.3 is 11.9 Å². The number of nitrogens with two attached hydrogens (primary N) is 1. The Hall–Kier alpha value is -4.23. The van der Waals surface area contributed by atoms with Crippen LogP contribution in [0.25, 0.3) is 6.08 Å². The van der Waals surface area contributed by atoms with Crippen molar-refractivity contribution in [2.45, 2.75) is 51.9 Å². The van der Waals surface area contributed by atoms with Crippen molar-refractivity contribution in [3.05, 3.63) is 113 Å². The van der Waals surface area contributed by atoms with Gasteiger partial charge in [0.25, 0.3) is 0 Å². The molecule has 7 nitrogen and oxygen atoms in total. The molecule has 0 heterocycles. The van der Waals surface area contributed by atoms with Crippen molar-refractivity contribution in [3.8, 4) is 0 Å². The Morgan fingerprint density at radius 2 is 1.31 bits per heavy atom. The molecule has 7 heteroatoms. The Labute approximate surface area is 230 Å². The van der Waals surface area contributed by atoms with Crippen molar-refractivity contribution < 1.29 is 23.9 Å². The lowest BCUT2D eigenvalue weighted by Gasteiger charge is -2.13. The molecule has 3 rings (SSSR count). The fourth-order valence-corrected chi connectivity index (χ4v) is 3.78. The summed E-state index contributed by atoms with van der Waals surface area (Å²) in [6.45, 7) is 2.78. The first-order valence-electron chi connectivity index (χ1n) is 13.2. The van der Waals surface area contributed by atoms with Crippen LogP contribution in [-0.4, -0.2) is 30.4 Å². The number of nitrogens with one attached hydrogen (secondary N) is 1. The molecule has 3 N–H and O–H groups in total. The first kappa shape index (κ1) is 29.3. The van der Waals surface area contributed by atoms with Crippen LogP contribution in [0.5, 0.6) is 0 Å². The van der Waals surface area contributed by atoms with Gasteiger partial charge < -0.3 is 20.5 Å². The normalized spacial score (nSPS) is 11.2. The van der Waals surface area contributed by atoms with Crippen LogP contribution in [0.1, 0.15) is 48.4 Å². The molecule has 0 bridgehead atoms. The average molecular weight is 529 g/mol. The zero-order chi connectivity index (χ0) is 27.9. The molecule has 0 aliphatic heterocycles. The number of benzene rings is 3.